The van der Waals surface area contributed by atoms with Crippen molar-refractivity contribution in [2.45, 2.75) is 25.8 Å². The topological polar surface area (TPSA) is 26.0 Å². The van der Waals surface area contributed by atoms with Gasteiger partial charge in [-0.15, -0.1) is 19.0 Å². The molecule has 0 saturated carbocycles. The number of allylic oxidation sites excluding steroid dienone is 1. The Balaban J connectivity index is 0.00000169. The van der Waals surface area contributed by atoms with Crippen LogP contribution in [0.25, 0.3) is 0 Å². The van der Waals surface area contributed by atoms with Gasteiger partial charge in [0.05, 0.1) is 0 Å². The molecule has 0 spiro atoms. The summed E-state index contributed by atoms with van der Waals surface area (Å²) in [6.07, 6.45) is 3.87. The van der Waals surface area contributed by atoms with Gasteiger partial charge < -0.3 is 5.73 Å². The van der Waals surface area contributed by atoms with Crippen LogP contribution in [0.1, 0.15) is 30.0 Å². The van der Waals surface area contributed by atoms with Crippen molar-refractivity contribution >= 4 is 12.4 Å². The van der Waals surface area contributed by atoms with Crippen molar-refractivity contribution in [3.05, 3.63) is 48.0 Å². The number of benzene rings is 1. The molecule has 1 aromatic carbocycles. The van der Waals surface area contributed by atoms with Gasteiger partial charge in [-0.2, -0.15) is 0 Å². The lowest BCUT2D eigenvalue weighted by molar-refractivity contribution is 0.661. The highest BCUT2D eigenvalue weighted by atomic mass is 35.5. The molecule has 0 amide bonds. The molecule has 2 N–H and O–H groups in total. The fraction of sp³-hybridized carbons (Fsp3) is 0.333. The van der Waals surface area contributed by atoms with Gasteiger partial charge in [-0.25, -0.2) is 0 Å². The molecular formula is C12H18ClN. The van der Waals surface area contributed by atoms with Crippen LogP contribution in [0, 0.1) is 6.92 Å². The van der Waals surface area contributed by atoms with Crippen LogP contribution in [-0.4, -0.2) is 0 Å². The zero-order valence-corrected chi connectivity index (χ0v) is 9.39. The van der Waals surface area contributed by atoms with E-state index >= 15 is 0 Å². The fourth-order valence-corrected chi connectivity index (χ4v) is 1.28. The molecule has 0 bridgehead atoms. The highest BCUT2D eigenvalue weighted by Crippen LogP contribution is 2.16. The van der Waals surface area contributed by atoms with Crippen LogP contribution in [-0.2, 0) is 0 Å². The Morgan fingerprint density at radius 2 is 1.93 bits per heavy atom. The zero-order chi connectivity index (χ0) is 9.68. The molecule has 1 atom stereocenters. The first-order valence-corrected chi connectivity index (χ1v) is 4.67. The van der Waals surface area contributed by atoms with Crippen molar-refractivity contribution < 1.29 is 0 Å². The number of hydrogen-bond acceptors (Lipinski definition) is 1. The van der Waals surface area contributed by atoms with Crippen LogP contribution < -0.4 is 5.73 Å². The average Bonchev–Trinajstić information content (AvgIpc) is 2.15. The Kier molecular flexibility index (Phi) is 6.26. The third-order valence-electron chi connectivity index (χ3n) is 2.19. The van der Waals surface area contributed by atoms with Gasteiger partial charge in [-0.05, 0) is 25.3 Å². The van der Waals surface area contributed by atoms with Crippen molar-refractivity contribution in [1.82, 2.24) is 0 Å². The van der Waals surface area contributed by atoms with E-state index in [0.717, 1.165) is 12.8 Å². The van der Waals surface area contributed by atoms with Crippen molar-refractivity contribution in [3.8, 4) is 0 Å². The fourth-order valence-electron chi connectivity index (χ4n) is 1.28. The van der Waals surface area contributed by atoms with E-state index < -0.39 is 0 Å². The third-order valence-corrected chi connectivity index (χ3v) is 2.19. The predicted molar refractivity (Wildman–Crippen MR) is 64.8 cm³/mol. The minimum absolute atomic E-state index is 0. The minimum atomic E-state index is 0. The molecule has 14 heavy (non-hydrogen) atoms. The van der Waals surface area contributed by atoms with E-state index in [9.17, 15) is 0 Å². The summed E-state index contributed by atoms with van der Waals surface area (Å²) in [6.45, 7) is 5.77. The SMILES string of the molecule is C=CCC[C@H](N)c1ccc(C)cc1.Cl. The first-order chi connectivity index (χ1) is 6.24. The Morgan fingerprint density at radius 3 is 2.43 bits per heavy atom. The molecular weight excluding hydrogens is 194 g/mol. The number of nitrogens with two attached hydrogens (primary N) is 1. The Hall–Kier alpha value is -0.790. The molecule has 0 aliphatic carbocycles. The minimum Gasteiger partial charge on any atom is -0.324 e. The van der Waals surface area contributed by atoms with Crippen LogP contribution in [0.4, 0.5) is 0 Å². The maximum atomic E-state index is 5.98. The summed E-state index contributed by atoms with van der Waals surface area (Å²) in [4.78, 5) is 0. The van der Waals surface area contributed by atoms with E-state index in [2.05, 4.69) is 37.8 Å². The summed E-state index contributed by atoms with van der Waals surface area (Å²) in [5, 5.41) is 0. The van der Waals surface area contributed by atoms with E-state index in [1.54, 1.807) is 0 Å². The van der Waals surface area contributed by atoms with Crippen molar-refractivity contribution in [1.29, 1.82) is 0 Å². The highest BCUT2D eigenvalue weighted by molar-refractivity contribution is 5.85. The molecule has 1 nitrogen and oxygen atoms in total. The molecule has 1 rings (SSSR count). The summed E-state index contributed by atoms with van der Waals surface area (Å²) < 4.78 is 0. The van der Waals surface area contributed by atoms with Gasteiger partial charge in [0.2, 0.25) is 0 Å². The molecule has 0 fully saturated rings. The summed E-state index contributed by atoms with van der Waals surface area (Å²) in [6, 6.07) is 8.55. The number of hydrogen-bond donors (Lipinski definition) is 1. The summed E-state index contributed by atoms with van der Waals surface area (Å²) in [5.41, 5.74) is 8.48. The second-order valence-electron chi connectivity index (χ2n) is 3.38. The lowest BCUT2D eigenvalue weighted by Crippen LogP contribution is -2.09. The molecule has 78 valence electrons. The van der Waals surface area contributed by atoms with Gasteiger partial charge in [0.15, 0.2) is 0 Å². The van der Waals surface area contributed by atoms with Crippen molar-refractivity contribution in [3.63, 3.8) is 0 Å². The quantitative estimate of drug-likeness (QED) is 0.760. The van der Waals surface area contributed by atoms with Crippen LogP contribution in [0.5, 0.6) is 0 Å². The van der Waals surface area contributed by atoms with Gasteiger partial charge in [-0.1, -0.05) is 35.9 Å². The first kappa shape index (κ1) is 13.2. The van der Waals surface area contributed by atoms with Gasteiger partial charge in [0.1, 0.15) is 0 Å². The van der Waals surface area contributed by atoms with E-state index in [1.807, 2.05) is 6.08 Å². The molecule has 0 saturated heterocycles. The van der Waals surface area contributed by atoms with E-state index in [1.165, 1.54) is 11.1 Å². The van der Waals surface area contributed by atoms with Crippen molar-refractivity contribution in [2.24, 2.45) is 5.73 Å². The van der Waals surface area contributed by atoms with Gasteiger partial charge in [0.25, 0.3) is 0 Å². The molecule has 2 heteroatoms. The molecule has 0 aliphatic rings. The highest BCUT2D eigenvalue weighted by Gasteiger charge is 2.03. The number of rotatable bonds is 4. The van der Waals surface area contributed by atoms with Crippen LogP contribution in [0.15, 0.2) is 36.9 Å². The van der Waals surface area contributed by atoms with Gasteiger partial charge in [0, 0.05) is 6.04 Å². The smallest absolute Gasteiger partial charge is 0.0297 e. The average molecular weight is 212 g/mol. The predicted octanol–water partition coefficient (Wildman–Crippen LogP) is 3.38. The summed E-state index contributed by atoms with van der Waals surface area (Å²) in [7, 11) is 0. The Labute approximate surface area is 92.4 Å². The maximum Gasteiger partial charge on any atom is 0.0297 e. The van der Waals surface area contributed by atoms with Crippen LogP contribution in [0.3, 0.4) is 0 Å². The van der Waals surface area contributed by atoms with E-state index in [4.69, 9.17) is 5.73 Å². The van der Waals surface area contributed by atoms with E-state index in [0.29, 0.717) is 0 Å². The van der Waals surface area contributed by atoms with Gasteiger partial charge in [-0.3, -0.25) is 0 Å². The molecule has 0 heterocycles. The standard InChI is InChI=1S/C12H17N.ClH/c1-3-4-5-12(13)11-8-6-10(2)7-9-11;/h3,6-9,12H,1,4-5,13H2,2H3;1H/t12-;/m0./s1. The van der Waals surface area contributed by atoms with E-state index in [-0.39, 0.29) is 18.4 Å². The molecule has 0 aliphatic heterocycles. The Morgan fingerprint density at radius 1 is 1.36 bits per heavy atom. The monoisotopic (exact) mass is 211 g/mol. The van der Waals surface area contributed by atoms with Gasteiger partial charge >= 0.3 is 0 Å². The zero-order valence-electron chi connectivity index (χ0n) is 8.57. The molecule has 0 radical (unpaired) electrons. The van der Waals surface area contributed by atoms with Crippen LogP contribution >= 0.6 is 12.4 Å². The number of aryl methyl sites for hydroxylation is 1. The normalized spacial score (nSPS) is 11.6. The first-order valence-electron chi connectivity index (χ1n) is 4.67. The Bertz CT molecular complexity index is 266. The molecule has 0 aromatic heterocycles. The molecule has 1 aromatic rings. The summed E-state index contributed by atoms with van der Waals surface area (Å²) in [5.74, 6) is 0. The second-order valence-corrected chi connectivity index (χ2v) is 3.38. The van der Waals surface area contributed by atoms with Crippen LogP contribution in [0.2, 0.25) is 0 Å². The lowest BCUT2D eigenvalue weighted by Gasteiger charge is -2.10. The number of halogens is 1. The summed E-state index contributed by atoms with van der Waals surface area (Å²) >= 11 is 0. The largest absolute Gasteiger partial charge is 0.324 e. The third kappa shape index (κ3) is 3.95. The lowest BCUT2D eigenvalue weighted by atomic mass is 10.0. The maximum absolute atomic E-state index is 5.98. The second kappa shape index (κ2) is 6.63. The molecule has 0 unspecified atom stereocenters. The van der Waals surface area contributed by atoms with Crippen molar-refractivity contribution in [2.75, 3.05) is 0 Å².